The van der Waals surface area contributed by atoms with Gasteiger partial charge in [0.15, 0.2) is 5.60 Å². The summed E-state index contributed by atoms with van der Waals surface area (Å²) in [4.78, 5) is 27.2. The third kappa shape index (κ3) is 3.36. The number of rotatable bonds is 4. The quantitative estimate of drug-likeness (QED) is 0.676. The first-order valence-corrected chi connectivity index (χ1v) is 6.65. The van der Waals surface area contributed by atoms with E-state index in [0.29, 0.717) is 39.3 Å². The minimum Gasteiger partial charge on any atom is -0.363 e. The van der Waals surface area contributed by atoms with E-state index in [0.717, 1.165) is 6.54 Å². The second kappa shape index (κ2) is 5.75. The Labute approximate surface area is 113 Å². The number of nitrogens with zero attached hydrogens (tertiary/aromatic N) is 2. The fourth-order valence-corrected chi connectivity index (χ4v) is 2.42. The molecule has 0 spiro atoms. The van der Waals surface area contributed by atoms with E-state index >= 15 is 0 Å². The van der Waals surface area contributed by atoms with Gasteiger partial charge in [0, 0.05) is 39.3 Å². The summed E-state index contributed by atoms with van der Waals surface area (Å²) in [5, 5.41) is 5.58. The minimum atomic E-state index is -0.791. The highest BCUT2D eigenvalue weighted by molar-refractivity contribution is 5.85. The van der Waals surface area contributed by atoms with E-state index < -0.39 is 5.60 Å². The Morgan fingerprint density at radius 3 is 2.95 bits per heavy atom. The Hall–Kier alpha value is -1.34. The molecule has 108 valence electrons. The van der Waals surface area contributed by atoms with Gasteiger partial charge in [0.05, 0.1) is 6.61 Å². The van der Waals surface area contributed by atoms with Crippen LogP contribution >= 0.6 is 0 Å². The number of morpholine rings is 1. The molecule has 0 aromatic heterocycles. The fourth-order valence-electron chi connectivity index (χ4n) is 2.42. The molecule has 0 aromatic carbocycles. The molecule has 19 heavy (non-hydrogen) atoms. The molecule has 0 saturated carbocycles. The van der Waals surface area contributed by atoms with Crippen molar-refractivity contribution in [1.82, 2.24) is 20.4 Å². The first kappa shape index (κ1) is 14.1. The lowest BCUT2D eigenvalue weighted by Crippen LogP contribution is -2.57. The Morgan fingerprint density at radius 1 is 1.53 bits per heavy atom. The lowest BCUT2D eigenvalue weighted by molar-refractivity contribution is -0.155. The molecule has 2 fully saturated rings. The summed E-state index contributed by atoms with van der Waals surface area (Å²) >= 11 is 0. The number of amides is 3. The predicted octanol–water partition coefficient (Wildman–Crippen LogP) is -1.15. The summed E-state index contributed by atoms with van der Waals surface area (Å²) in [5.74, 6) is -0.112. The van der Waals surface area contributed by atoms with Gasteiger partial charge in [0.25, 0.3) is 5.91 Å². The highest BCUT2D eigenvalue weighted by Crippen LogP contribution is 2.16. The average Bonchev–Trinajstić information content (AvgIpc) is 2.75. The van der Waals surface area contributed by atoms with Crippen molar-refractivity contribution in [2.75, 3.05) is 52.9 Å². The summed E-state index contributed by atoms with van der Waals surface area (Å²) < 4.78 is 5.59. The molecule has 1 unspecified atom stereocenters. The van der Waals surface area contributed by atoms with Crippen molar-refractivity contribution in [1.29, 1.82) is 0 Å². The molecule has 1 atom stereocenters. The Balaban J connectivity index is 1.76. The van der Waals surface area contributed by atoms with E-state index in [1.807, 2.05) is 7.05 Å². The van der Waals surface area contributed by atoms with Crippen LogP contribution < -0.4 is 10.6 Å². The van der Waals surface area contributed by atoms with Crippen molar-refractivity contribution in [3.05, 3.63) is 0 Å². The fraction of sp³-hybridized carbons (Fsp3) is 0.833. The molecule has 2 saturated heterocycles. The van der Waals surface area contributed by atoms with Crippen LogP contribution in [-0.4, -0.2) is 80.3 Å². The molecule has 3 amide bonds. The second-order valence-corrected chi connectivity index (χ2v) is 5.29. The van der Waals surface area contributed by atoms with E-state index in [9.17, 15) is 9.59 Å². The molecule has 7 nitrogen and oxygen atoms in total. The monoisotopic (exact) mass is 270 g/mol. The molecule has 0 radical (unpaired) electrons. The molecule has 2 aliphatic rings. The normalized spacial score (nSPS) is 28.3. The van der Waals surface area contributed by atoms with Gasteiger partial charge in [-0.05, 0) is 14.0 Å². The predicted molar refractivity (Wildman–Crippen MR) is 69.8 cm³/mol. The molecule has 2 aliphatic heterocycles. The number of nitrogens with one attached hydrogen (secondary N) is 2. The summed E-state index contributed by atoms with van der Waals surface area (Å²) in [6.45, 7) is 6.16. The SMILES string of the molecule is CN1CCOC(C)(C(=O)NCCN2CCNC2=O)C1. The Kier molecular flexibility index (Phi) is 4.26. The zero-order valence-electron chi connectivity index (χ0n) is 11.6. The molecule has 0 aromatic rings. The minimum absolute atomic E-state index is 0.0610. The first-order chi connectivity index (χ1) is 9.01. The zero-order valence-corrected chi connectivity index (χ0v) is 11.6. The van der Waals surface area contributed by atoms with Gasteiger partial charge in [-0.25, -0.2) is 4.79 Å². The second-order valence-electron chi connectivity index (χ2n) is 5.29. The lowest BCUT2D eigenvalue weighted by Gasteiger charge is -2.37. The van der Waals surface area contributed by atoms with Crippen LogP contribution in [0.5, 0.6) is 0 Å². The first-order valence-electron chi connectivity index (χ1n) is 6.65. The van der Waals surface area contributed by atoms with Crippen LogP contribution in [0.2, 0.25) is 0 Å². The van der Waals surface area contributed by atoms with Crippen LogP contribution in [0.1, 0.15) is 6.92 Å². The highest BCUT2D eigenvalue weighted by atomic mass is 16.5. The van der Waals surface area contributed by atoms with Gasteiger partial charge in [-0.1, -0.05) is 0 Å². The molecule has 2 N–H and O–H groups in total. The lowest BCUT2D eigenvalue weighted by atomic mass is 10.0. The molecule has 2 heterocycles. The average molecular weight is 270 g/mol. The van der Waals surface area contributed by atoms with Gasteiger partial charge in [-0.3, -0.25) is 4.79 Å². The van der Waals surface area contributed by atoms with Crippen LogP contribution in [0.4, 0.5) is 4.79 Å². The van der Waals surface area contributed by atoms with E-state index in [-0.39, 0.29) is 11.9 Å². The third-order valence-electron chi connectivity index (χ3n) is 3.56. The van der Waals surface area contributed by atoms with Crippen LogP contribution in [0.25, 0.3) is 0 Å². The third-order valence-corrected chi connectivity index (χ3v) is 3.56. The summed E-state index contributed by atoms with van der Waals surface area (Å²) in [6.07, 6.45) is 0. The summed E-state index contributed by atoms with van der Waals surface area (Å²) in [5.41, 5.74) is -0.791. The Bertz CT molecular complexity index is 363. The van der Waals surface area contributed by atoms with Crippen molar-refractivity contribution in [3.8, 4) is 0 Å². The van der Waals surface area contributed by atoms with Crippen molar-refractivity contribution >= 4 is 11.9 Å². The van der Waals surface area contributed by atoms with E-state index in [1.54, 1.807) is 11.8 Å². The summed E-state index contributed by atoms with van der Waals surface area (Å²) in [7, 11) is 1.97. The maximum Gasteiger partial charge on any atom is 0.317 e. The van der Waals surface area contributed by atoms with Gasteiger partial charge in [-0.2, -0.15) is 0 Å². The van der Waals surface area contributed by atoms with E-state index in [1.165, 1.54) is 0 Å². The number of ether oxygens (including phenoxy) is 1. The van der Waals surface area contributed by atoms with E-state index in [2.05, 4.69) is 15.5 Å². The number of carbonyl (C=O) groups excluding carboxylic acids is 2. The number of hydrogen-bond acceptors (Lipinski definition) is 4. The number of urea groups is 1. The standard InChI is InChI=1S/C12H22N4O3/c1-12(9-15(2)7-8-19-12)10(17)13-3-5-16-6-4-14-11(16)18/h3-9H2,1-2H3,(H,13,17)(H,14,18). The number of carbonyl (C=O) groups is 2. The van der Waals surface area contributed by atoms with Gasteiger partial charge in [0.1, 0.15) is 0 Å². The Morgan fingerprint density at radius 2 is 2.32 bits per heavy atom. The van der Waals surface area contributed by atoms with Crippen LogP contribution in [0, 0.1) is 0 Å². The topological polar surface area (TPSA) is 73.9 Å². The smallest absolute Gasteiger partial charge is 0.317 e. The molecule has 2 rings (SSSR count). The van der Waals surface area contributed by atoms with Gasteiger partial charge in [0.2, 0.25) is 0 Å². The molecular weight excluding hydrogens is 248 g/mol. The van der Waals surface area contributed by atoms with Crippen LogP contribution in [-0.2, 0) is 9.53 Å². The largest absolute Gasteiger partial charge is 0.363 e. The van der Waals surface area contributed by atoms with Crippen molar-refractivity contribution < 1.29 is 14.3 Å². The summed E-state index contributed by atoms with van der Waals surface area (Å²) in [6, 6.07) is -0.0610. The van der Waals surface area contributed by atoms with Crippen molar-refractivity contribution in [2.45, 2.75) is 12.5 Å². The number of hydrogen-bond donors (Lipinski definition) is 2. The zero-order chi connectivity index (χ0) is 13.9. The maximum absolute atomic E-state index is 12.1. The van der Waals surface area contributed by atoms with E-state index in [4.69, 9.17) is 4.74 Å². The van der Waals surface area contributed by atoms with Crippen LogP contribution in [0.15, 0.2) is 0 Å². The van der Waals surface area contributed by atoms with Gasteiger partial charge >= 0.3 is 6.03 Å². The van der Waals surface area contributed by atoms with Gasteiger partial charge in [-0.15, -0.1) is 0 Å². The van der Waals surface area contributed by atoms with Crippen LogP contribution in [0.3, 0.4) is 0 Å². The molecule has 0 aliphatic carbocycles. The van der Waals surface area contributed by atoms with Crippen molar-refractivity contribution in [2.24, 2.45) is 0 Å². The maximum atomic E-state index is 12.1. The molecule has 7 heteroatoms. The van der Waals surface area contributed by atoms with Gasteiger partial charge < -0.3 is 25.2 Å². The highest BCUT2D eigenvalue weighted by Gasteiger charge is 2.38. The molecule has 0 bridgehead atoms. The number of likely N-dealkylation sites (N-methyl/N-ethyl adjacent to an activating group) is 1. The molecular formula is C12H22N4O3. The van der Waals surface area contributed by atoms with Crippen molar-refractivity contribution in [3.63, 3.8) is 0 Å².